The van der Waals surface area contributed by atoms with E-state index in [-0.39, 0.29) is 17.3 Å². The monoisotopic (exact) mass is 366 g/mol. The summed E-state index contributed by atoms with van der Waals surface area (Å²) < 4.78 is 34.8. The van der Waals surface area contributed by atoms with Gasteiger partial charge in [-0.05, 0) is 24.3 Å². The molecule has 7 nitrogen and oxygen atoms in total. The van der Waals surface area contributed by atoms with Crippen molar-refractivity contribution in [1.29, 1.82) is 0 Å². The first-order valence-corrected chi connectivity index (χ1v) is 8.31. The van der Waals surface area contributed by atoms with Gasteiger partial charge in [0.25, 0.3) is 0 Å². The Bertz CT molecular complexity index is 754. The van der Waals surface area contributed by atoms with E-state index < -0.39 is 6.61 Å². The van der Waals surface area contributed by atoms with Gasteiger partial charge < -0.3 is 20.1 Å². The highest BCUT2D eigenvalue weighted by molar-refractivity contribution is 6.02. The zero-order valence-corrected chi connectivity index (χ0v) is 14.1. The van der Waals surface area contributed by atoms with Crippen molar-refractivity contribution in [2.24, 2.45) is 0 Å². The van der Waals surface area contributed by atoms with Gasteiger partial charge in [-0.1, -0.05) is 0 Å². The van der Waals surface area contributed by atoms with Gasteiger partial charge in [0.2, 0.25) is 0 Å². The minimum atomic E-state index is -2.94. The number of anilines is 1. The number of amides is 2. The molecule has 1 aliphatic heterocycles. The number of halogens is 2. The SMILES string of the molecule is O=C(NCCN1CCOCC1)Nc1ccc(OC(F)F)c2ncccc12. The van der Waals surface area contributed by atoms with Crippen molar-refractivity contribution in [2.45, 2.75) is 6.61 Å². The van der Waals surface area contributed by atoms with E-state index in [1.807, 2.05) is 0 Å². The minimum absolute atomic E-state index is 0.0334. The molecule has 0 saturated carbocycles. The maximum Gasteiger partial charge on any atom is 0.387 e. The first-order valence-electron chi connectivity index (χ1n) is 8.31. The highest BCUT2D eigenvalue weighted by Crippen LogP contribution is 2.30. The van der Waals surface area contributed by atoms with Crippen molar-refractivity contribution in [3.05, 3.63) is 30.5 Å². The highest BCUT2D eigenvalue weighted by Gasteiger charge is 2.14. The van der Waals surface area contributed by atoms with Gasteiger partial charge in [0.05, 0.1) is 18.9 Å². The molecule has 9 heteroatoms. The van der Waals surface area contributed by atoms with Gasteiger partial charge in [0.15, 0.2) is 5.75 Å². The molecule has 1 aromatic heterocycles. The second kappa shape index (κ2) is 8.72. The molecule has 1 fully saturated rings. The lowest BCUT2D eigenvalue weighted by molar-refractivity contribution is -0.0489. The number of urea groups is 1. The van der Waals surface area contributed by atoms with Crippen LogP contribution in [0.1, 0.15) is 0 Å². The molecule has 3 rings (SSSR count). The summed E-state index contributed by atoms with van der Waals surface area (Å²) in [5.74, 6) is -0.0334. The predicted molar refractivity (Wildman–Crippen MR) is 92.7 cm³/mol. The predicted octanol–water partition coefficient (Wildman–Crippen LogP) is 2.29. The van der Waals surface area contributed by atoms with Crippen LogP contribution >= 0.6 is 0 Å². The third-order valence-electron chi connectivity index (χ3n) is 4.01. The molecule has 0 radical (unpaired) electrons. The molecule has 0 aliphatic carbocycles. The number of ether oxygens (including phenoxy) is 2. The van der Waals surface area contributed by atoms with Crippen molar-refractivity contribution >= 4 is 22.6 Å². The van der Waals surface area contributed by atoms with Crippen LogP contribution in [-0.4, -0.2) is 61.9 Å². The number of carbonyl (C=O) groups is 1. The zero-order valence-electron chi connectivity index (χ0n) is 14.1. The van der Waals surface area contributed by atoms with Crippen LogP contribution in [0.4, 0.5) is 19.3 Å². The van der Waals surface area contributed by atoms with Crippen LogP contribution in [-0.2, 0) is 4.74 Å². The lowest BCUT2D eigenvalue weighted by atomic mass is 10.1. The van der Waals surface area contributed by atoms with Crippen LogP contribution in [0, 0.1) is 0 Å². The number of nitrogens with zero attached hydrogens (tertiary/aromatic N) is 2. The van der Waals surface area contributed by atoms with E-state index in [4.69, 9.17) is 4.74 Å². The van der Waals surface area contributed by atoms with Crippen molar-refractivity contribution in [1.82, 2.24) is 15.2 Å². The number of aromatic nitrogens is 1. The van der Waals surface area contributed by atoms with Gasteiger partial charge in [-0.2, -0.15) is 8.78 Å². The molecule has 0 spiro atoms. The van der Waals surface area contributed by atoms with Crippen LogP contribution in [0.5, 0.6) is 5.75 Å². The molecule has 2 N–H and O–H groups in total. The summed E-state index contributed by atoms with van der Waals surface area (Å²) in [6, 6.07) is 5.86. The summed E-state index contributed by atoms with van der Waals surface area (Å²) >= 11 is 0. The second-order valence-electron chi connectivity index (χ2n) is 5.72. The zero-order chi connectivity index (χ0) is 18.4. The van der Waals surface area contributed by atoms with Crippen LogP contribution in [0.25, 0.3) is 10.9 Å². The number of fused-ring (bicyclic) bond motifs is 1. The van der Waals surface area contributed by atoms with Gasteiger partial charge in [-0.15, -0.1) is 0 Å². The van der Waals surface area contributed by atoms with Gasteiger partial charge in [0.1, 0.15) is 5.52 Å². The van der Waals surface area contributed by atoms with E-state index in [1.165, 1.54) is 18.3 Å². The number of benzene rings is 1. The summed E-state index contributed by atoms with van der Waals surface area (Å²) in [6.07, 6.45) is 1.48. The van der Waals surface area contributed by atoms with E-state index in [9.17, 15) is 13.6 Å². The molecule has 26 heavy (non-hydrogen) atoms. The summed E-state index contributed by atoms with van der Waals surface area (Å²) in [5, 5.41) is 6.03. The number of carbonyl (C=O) groups excluding carboxylic acids is 1. The molecular weight excluding hydrogens is 346 g/mol. The average molecular weight is 366 g/mol. The smallest absolute Gasteiger partial charge is 0.387 e. The summed E-state index contributed by atoms with van der Waals surface area (Å²) in [5.41, 5.74) is 0.734. The van der Waals surface area contributed by atoms with Gasteiger partial charge in [0, 0.05) is 37.8 Å². The first kappa shape index (κ1) is 18.3. The molecule has 2 heterocycles. The van der Waals surface area contributed by atoms with Crippen LogP contribution in [0.15, 0.2) is 30.5 Å². The van der Waals surface area contributed by atoms with Gasteiger partial charge >= 0.3 is 12.6 Å². The van der Waals surface area contributed by atoms with Crippen LogP contribution in [0.2, 0.25) is 0 Å². The third-order valence-corrected chi connectivity index (χ3v) is 4.01. The molecule has 2 amide bonds. The number of morpholine rings is 1. The fraction of sp³-hybridized carbons (Fsp3) is 0.412. The Hall–Kier alpha value is -2.52. The summed E-state index contributed by atoms with van der Waals surface area (Å²) in [6.45, 7) is 1.41. The molecule has 1 saturated heterocycles. The largest absolute Gasteiger partial charge is 0.432 e. The molecule has 0 bridgehead atoms. The minimum Gasteiger partial charge on any atom is -0.432 e. The molecule has 2 aromatic rings. The Morgan fingerprint density at radius 3 is 2.88 bits per heavy atom. The normalized spacial score (nSPS) is 15.2. The topological polar surface area (TPSA) is 75.7 Å². The summed E-state index contributed by atoms with van der Waals surface area (Å²) in [4.78, 5) is 18.4. The van der Waals surface area contributed by atoms with Crippen LogP contribution < -0.4 is 15.4 Å². The Morgan fingerprint density at radius 1 is 1.31 bits per heavy atom. The number of hydrogen-bond acceptors (Lipinski definition) is 5. The molecule has 1 aliphatic rings. The molecule has 140 valence electrons. The summed E-state index contributed by atoms with van der Waals surface area (Å²) in [7, 11) is 0. The van der Waals surface area contributed by atoms with Crippen molar-refractivity contribution in [2.75, 3.05) is 44.7 Å². The Kier molecular flexibility index (Phi) is 6.13. The van der Waals surface area contributed by atoms with Gasteiger partial charge in [-0.3, -0.25) is 9.88 Å². The van der Waals surface area contributed by atoms with Crippen molar-refractivity contribution in [3.63, 3.8) is 0 Å². The molecular formula is C17H20F2N4O3. The fourth-order valence-corrected chi connectivity index (χ4v) is 2.77. The van der Waals surface area contributed by atoms with E-state index in [0.29, 0.717) is 30.8 Å². The van der Waals surface area contributed by atoms with E-state index in [2.05, 4.69) is 25.3 Å². The standard InChI is InChI=1S/C17H20F2N4O3/c18-16(19)26-14-4-3-13(12-2-1-5-20-15(12)14)22-17(24)21-6-7-23-8-10-25-11-9-23/h1-5,16H,6-11H2,(H2,21,22,24). The van der Waals surface area contributed by atoms with E-state index in [0.717, 1.165) is 19.6 Å². The fourth-order valence-electron chi connectivity index (χ4n) is 2.77. The lowest BCUT2D eigenvalue weighted by Crippen LogP contribution is -2.42. The number of pyridine rings is 1. The van der Waals surface area contributed by atoms with Crippen LogP contribution in [0.3, 0.4) is 0 Å². The third kappa shape index (κ3) is 4.77. The Labute approximate surface area is 149 Å². The number of nitrogens with one attached hydrogen (secondary N) is 2. The highest BCUT2D eigenvalue weighted by atomic mass is 19.3. The average Bonchev–Trinajstić information content (AvgIpc) is 2.64. The molecule has 0 unspecified atom stereocenters. The van der Waals surface area contributed by atoms with E-state index >= 15 is 0 Å². The lowest BCUT2D eigenvalue weighted by Gasteiger charge is -2.26. The van der Waals surface area contributed by atoms with Gasteiger partial charge in [-0.25, -0.2) is 4.79 Å². The number of rotatable bonds is 6. The Morgan fingerprint density at radius 2 is 2.12 bits per heavy atom. The first-order chi connectivity index (χ1) is 12.6. The van der Waals surface area contributed by atoms with E-state index in [1.54, 1.807) is 12.1 Å². The number of hydrogen-bond donors (Lipinski definition) is 2. The molecule has 1 aromatic carbocycles. The second-order valence-corrected chi connectivity index (χ2v) is 5.72. The maximum absolute atomic E-state index is 12.5. The quantitative estimate of drug-likeness (QED) is 0.820. The maximum atomic E-state index is 12.5. The van der Waals surface area contributed by atoms with Crippen molar-refractivity contribution < 1.29 is 23.0 Å². The number of alkyl halides is 2. The molecule has 0 atom stereocenters. The Balaban J connectivity index is 1.62. The van der Waals surface area contributed by atoms with Crippen molar-refractivity contribution in [3.8, 4) is 5.75 Å².